The third-order valence-corrected chi connectivity index (χ3v) is 5.24. The van der Waals surface area contributed by atoms with Gasteiger partial charge in [0.1, 0.15) is 0 Å². The third kappa shape index (κ3) is 5.26. The van der Waals surface area contributed by atoms with Crippen LogP contribution in [-0.2, 0) is 4.79 Å². The van der Waals surface area contributed by atoms with Gasteiger partial charge in [-0.2, -0.15) is 0 Å². The molecule has 4 rings (SSSR count). The van der Waals surface area contributed by atoms with Gasteiger partial charge in [0.15, 0.2) is 0 Å². The van der Waals surface area contributed by atoms with Gasteiger partial charge < -0.3 is 20.4 Å². The molecule has 2 N–H and O–H groups in total. The predicted octanol–water partition coefficient (Wildman–Crippen LogP) is 4.26. The summed E-state index contributed by atoms with van der Waals surface area (Å²) < 4.78 is 0. The van der Waals surface area contributed by atoms with Crippen molar-refractivity contribution in [1.82, 2.24) is 14.9 Å². The van der Waals surface area contributed by atoms with Gasteiger partial charge in [0, 0.05) is 57.9 Å². The molecule has 0 atom stereocenters. The highest BCUT2D eigenvalue weighted by atomic mass is 16.1. The Bertz CT molecular complexity index is 1090. The fourth-order valence-electron chi connectivity index (χ4n) is 3.50. The molecule has 1 aliphatic rings. The molecule has 3 aromatic rings. The normalized spacial score (nSPS) is 14.2. The second-order valence-electron chi connectivity index (χ2n) is 7.51. The molecule has 162 valence electrons. The molecule has 1 fully saturated rings. The molecular formula is C24H30N6O. The molecule has 0 unspecified atom stereocenters. The quantitative estimate of drug-likeness (QED) is 0.583. The van der Waals surface area contributed by atoms with E-state index in [0.29, 0.717) is 11.6 Å². The second kappa shape index (κ2) is 9.40. The van der Waals surface area contributed by atoms with Crippen LogP contribution in [0.3, 0.4) is 0 Å². The summed E-state index contributed by atoms with van der Waals surface area (Å²) in [4.78, 5) is 25.3. The first-order valence-corrected chi connectivity index (χ1v) is 10.3. The van der Waals surface area contributed by atoms with Gasteiger partial charge in [-0.1, -0.05) is 24.8 Å². The molecular weight excluding hydrogens is 388 g/mol. The molecule has 31 heavy (non-hydrogen) atoms. The van der Waals surface area contributed by atoms with Crippen LogP contribution in [0.2, 0.25) is 0 Å². The number of benzene rings is 2. The lowest BCUT2D eigenvalue weighted by molar-refractivity contribution is -0.111. The number of hydrogen-bond acceptors (Lipinski definition) is 6. The Morgan fingerprint density at radius 3 is 2.65 bits per heavy atom. The Hall–Kier alpha value is -3.71. The minimum absolute atomic E-state index is 0. The van der Waals surface area contributed by atoms with Gasteiger partial charge in [-0.3, -0.25) is 4.79 Å². The van der Waals surface area contributed by atoms with Gasteiger partial charge in [-0.25, -0.2) is 9.97 Å². The number of aromatic nitrogens is 2. The Morgan fingerprint density at radius 2 is 1.84 bits per heavy atom. The molecule has 2 heterocycles. The number of nitrogens with one attached hydrogen (secondary N) is 2. The predicted molar refractivity (Wildman–Crippen MR) is 130 cm³/mol. The average Bonchev–Trinajstić information content (AvgIpc) is 2.80. The Labute approximate surface area is 185 Å². The zero-order valence-electron chi connectivity index (χ0n) is 17.6. The van der Waals surface area contributed by atoms with E-state index in [0.717, 1.165) is 43.1 Å². The number of likely N-dealkylation sites (N-methyl/N-ethyl adjacent to an activating group) is 1. The lowest BCUT2D eigenvalue weighted by Crippen LogP contribution is -2.44. The third-order valence-electron chi connectivity index (χ3n) is 5.24. The monoisotopic (exact) mass is 418 g/mol. The maximum atomic E-state index is 11.6. The molecule has 0 saturated carbocycles. The van der Waals surface area contributed by atoms with Crippen LogP contribution in [0.5, 0.6) is 0 Å². The van der Waals surface area contributed by atoms with Crippen molar-refractivity contribution >= 4 is 28.9 Å². The molecule has 0 bridgehead atoms. The van der Waals surface area contributed by atoms with Gasteiger partial charge in [0.05, 0.1) is 5.69 Å². The SMILES string of the molecule is C=CC(=O)Nc1cccc(-c2ccnc(Nc3cccc(N4CCN(C)CC4)c3)n2)c1.[HH].[HH]. The summed E-state index contributed by atoms with van der Waals surface area (Å²) >= 11 is 0. The molecule has 1 aromatic heterocycles. The van der Waals surface area contributed by atoms with E-state index in [-0.39, 0.29) is 8.76 Å². The lowest BCUT2D eigenvalue weighted by Gasteiger charge is -2.34. The van der Waals surface area contributed by atoms with Gasteiger partial charge in [0.2, 0.25) is 11.9 Å². The average molecular weight is 419 g/mol. The molecule has 0 aliphatic carbocycles. The van der Waals surface area contributed by atoms with Crippen molar-refractivity contribution in [3.05, 3.63) is 73.4 Å². The summed E-state index contributed by atoms with van der Waals surface area (Å²) in [6, 6.07) is 17.7. The molecule has 7 nitrogen and oxygen atoms in total. The van der Waals surface area contributed by atoms with Crippen LogP contribution in [-0.4, -0.2) is 54.0 Å². The van der Waals surface area contributed by atoms with Crippen LogP contribution >= 0.6 is 0 Å². The fraction of sp³-hybridized carbons (Fsp3) is 0.208. The number of amides is 1. The van der Waals surface area contributed by atoms with Crippen LogP contribution in [0, 0.1) is 0 Å². The molecule has 1 aliphatic heterocycles. The van der Waals surface area contributed by atoms with Crippen LogP contribution in [0.4, 0.5) is 23.0 Å². The van der Waals surface area contributed by atoms with Crippen molar-refractivity contribution in [3.63, 3.8) is 0 Å². The molecule has 7 heteroatoms. The minimum atomic E-state index is -0.248. The van der Waals surface area contributed by atoms with E-state index in [1.807, 2.05) is 42.5 Å². The van der Waals surface area contributed by atoms with E-state index in [1.165, 1.54) is 11.8 Å². The van der Waals surface area contributed by atoms with Gasteiger partial charge in [-0.15, -0.1) is 0 Å². The standard InChI is InChI=1S/C24H26N6O.2H2/c1-3-23(31)26-19-7-4-6-18(16-19)22-10-11-25-24(28-22)27-20-8-5-9-21(17-20)30-14-12-29(2)13-15-30;;/h3-11,16-17H,1,12-15H2,2H3,(H,26,31)(H,25,27,28);2*1H. The zero-order chi connectivity index (χ0) is 21.6. The Balaban J connectivity index is 0.00000193. The Morgan fingerprint density at radius 1 is 1.06 bits per heavy atom. The molecule has 1 amide bonds. The van der Waals surface area contributed by atoms with Crippen LogP contribution in [0.25, 0.3) is 11.3 Å². The highest BCUT2D eigenvalue weighted by molar-refractivity contribution is 5.99. The number of anilines is 4. The number of rotatable bonds is 6. The van der Waals surface area contributed by atoms with Crippen molar-refractivity contribution in [2.24, 2.45) is 0 Å². The molecule has 0 radical (unpaired) electrons. The summed E-state index contributed by atoms with van der Waals surface area (Å²) in [5.41, 5.74) is 4.48. The van der Waals surface area contributed by atoms with E-state index < -0.39 is 0 Å². The minimum Gasteiger partial charge on any atom is -0.369 e. The van der Waals surface area contributed by atoms with E-state index in [1.54, 1.807) is 6.20 Å². The van der Waals surface area contributed by atoms with Crippen molar-refractivity contribution in [1.29, 1.82) is 0 Å². The number of hydrogen-bond donors (Lipinski definition) is 2. The van der Waals surface area contributed by atoms with Gasteiger partial charge >= 0.3 is 0 Å². The highest BCUT2D eigenvalue weighted by Crippen LogP contribution is 2.25. The highest BCUT2D eigenvalue weighted by Gasteiger charge is 2.14. The molecule has 1 saturated heterocycles. The summed E-state index contributed by atoms with van der Waals surface area (Å²) in [5, 5.41) is 6.09. The lowest BCUT2D eigenvalue weighted by atomic mass is 10.1. The first-order chi connectivity index (χ1) is 15.1. The summed E-state index contributed by atoms with van der Waals surface area (Å²) in [5.74, 6) is 0.274. The van der Waals surface area contributed by atoms with Crippen molar-refractivity contribution in [2.75, 3.05) is 48.8 Å². The Kier molecular flexibility index (Phi) is 6.24. The van der Waals surface area contributed by atoms with Crippen LogP contribution < -0.4 is 15.5 Å². The van der Waals surface area contributed by atoms with Crippen LogP contribution in [0.1, 0.15) is 2.85 Å². The number of carbonyl (C=O) groups excluding carboxylic acids is 1. The first-order valence-electron chi connectivity index (χ1n) is 10.3. The van der Waals surface area contributed by atoms with Crippen LogP contribution in [0.15, 0.2) is 73.4 Å². The van der Waals surface area contributed by atoms with Gasteiger partial charge in [0.25, 0.3) is 0 Å². The number of carbonyl (C=O) groups is 1. The maximum Gasteiger partial charge on any atom is 0.247 e. The molecule has 2 aromatic carbocycles. The summed E-state index contributed by atoms with van der Waals surface area (Å²) in [6.45, 7) is 7.65. The number of piperazine rings is 1. The van der Waals surface area contributed by atoms with Crippen molar-refractivity contribution in [2.45, 2.75) is 0 Å². The number of nitrogens with zero attached hydrogens (tertiary/aromatic N) is 4. The summed E-state index contributed by atoms with van der Waals surface area (Å²) in [6.07, 6.45) is 2.97. The van der Waals surface area contributed by atoms with Crippen molar-refractivity contribution in [3.8, 4) is 11.3 Å². The van der Waals surface area contributed by atoms with E-state index in [2.05, 4.69) is 56.2 Å². The van der Waals surface area contributed by atoms with E-state index in [4.69, 9.17) is 0 Å². The smallest absolute Gasteiger partial charge is 0.247 e. The van der Waals surface area contributed by atoms with E-state index >= 15 is 0 Å². The van der Waals surface area contributed by atoms with Gasteiger partial charge in [-0.05, 0) is 49.5 Å². The fourth-order valence-corrected chi connectivity index (χ4v) is 3.50. The van der Waals surface area contributed by atoms with E-state index in [9.17, 15) is 4.79 Å². The molecule has 0 spiro atoms. The topological polar surface area (TPSA) is 73.4 Å². The second-order valence-corrected chi connectivity index (χ2v) is 7.51. The van der Waals surface area contributed by atoms with Crippen molar-refractivity contribution < 1.29 is 7.65 Å². The largest absolute Gasteiger partial charge is 0.369 e. The summed E-state index contributed by atoms with van der Waals surface area (Å²) in [7, 11) is 2.16. The first kappa shape index (κ1) is 20.6. The maximum absolute atomic E-state index is 11.6. The zero-order valence-corrected chi connectivity index (χ0v) is 17.6.